The first-order valence-corrected chi connectivity index (χ1v) is 5.64. The molecule has 0 rings (SSSR count). The minimum atomic E-state index is -0.282. The summed E-state index contributed by atoms with van der Waals surface area (Å²) in [5, 5.41) is 0. The molecule has 0 heterocycles. The molecule has 0 saturated carbocycles. The zero-order valence-corrected chi connectivity index (χ0v) is 10.7. The maximum Gasteiger partial charge on any atom is 0.330 e. The van der Waals surface area contributed by atoms with Gasteiger partial charge in [0.1, 0.15) is 6.61 Å². The average Bonchev–Trinajstić information content (AvgIpc) is 2.17. The molecule has 0 radical (unpaired) electrons. The van der Waals surface area contributed by atoms with Gasteiger partial charge in [0.15, 0.2) is 0 Å². The molecule has 90 valence electrons. The minimum absolute atomic E-state index is 0.282. The SMILES string of the molecule is C/C=C\C(=O)OC/C=C(\C)CCC=C(C)C. The molecule has 2 heteroatoms. The fourth-order valence-electron chi connectivity index (χ4n) is 1.14. The van der Waals surface area contributed by atoms with Gasteiger partial charge in [-0.25, -0.2) is 4.79 Å². The van der Waals surface area contributed by atoms with Crippen LogP contribution in [0.15, 0.2) is 35.5 Å². The van der Waals surface area contributed by atoms with Crippen molar-refractivity contribution in [3.8, 4) is 0 Å². The Kier molecular flexibility index (Phi) is 8.22. The standard InChI is InChI=1S/C14H22O2/c1-5-7-14(15)16-11-10-13(4)9-6-8-12(2)3/h5,7-8,10H,6,9,11H2,1-4H3/b7-5-,13-10+. The summed E-state index contributed by atoms with van der Waals surface area (Å²) in [7, 11) is 0. The second-order valence-electron chi connectivity index (χ2n) is 4.00. The molecule has 0 spiro atoms. The van der Waals surface area contributed by atoms with E-state index in [4.69, 9.17) is 4.74 Å². The van der Waals surface area contributed by atoms with Crippen LogP contribution in [0.2, 0.25) is 0 Å². The van der Waals surface area contributed by atoms with Crippen molar-refractivity contribution in [2.24, 2.45) is 0 Å². The van der Waals surface area contributed by atoms with E-state index in [2.05, 4.69) is 26.8 Å². The summed E-state index contributed by atoms with van der Waals surface area (Å²) in [6, 6.07) is 0. The number of esters is 1. The molecule has 0 aromatic heterocycles. The number of allylic oxidation sites excluding steroid dienone is 4. The Morgan fingerprint density at radius 2 is 1.88 bits per heavy atom. The Morgan fingerprint density at radius 3 is 2.44 bits per heavy atom. The van der Waals surface area contributed by atoms with Gasteiger partial charge < -0.3 is 4.74 Å². The lowest BCUT2D eigenvalue weighted by Gasteiger charge is -2.00. The molecule has 0 N–H and O–H groups in total. The zero-order valence-electron chi connectivity index (χ0n) is 10.7. The van der Waals surface area contributed by atoms with Gasteiger partial charge in [0.2, 0.25) is 0 Å². The molecule has 2 nitrogen and oxygen atoms in total. The molecule has 0 aliphatic rings. The van der Waals surface area contributed by atoms with Crippen LogP contribution in [-0.4, -0.2) is 12.6 Å². The van der Waals surface area contributed by atoms with Gasteiger partial charge in [0.05, 0.1) is 0 Å². The smallest absolute Gasteiger partial charge is 0.330 e. The molecule has 0 atom stereocenters. The summed E-state index contributed by atoms with van der Waals surface area (Å²) in [4.78, 5) is 11.0. The fraction of sp³-hybridized carbons (Fsp3) is 0.500. The first-order valence-electron chi connectivity index (χ1n) is 5.64. The summed E-state index contributed by atoms with van der Waals surface area (Å²) in [6.07, 6.45) is 9.34. The minimum Gasteiger partial charge on any atom is -0.458 e. The molecular weight excluding hydrogens is 200 g/mol. The van der Waals surface area contributed by atoms with Crippen molar-refractivity contribution in [2.75, 3.05) is 6.61 Å². The zero-order chi connectivity index (χ0) is 12.4. The van der Waals surface area contributed by atoms with Crippen LogP contribution in [0, 0.1) is 0 Å². The number of hydrogen-bond acceptors (Lipinski definition) is 2. The van der Waals surface area contributed by atoms with E-state index in [1.807, 2.05) is 6.08 Å². The van der Waals surface area contributed by atoms with Crippen LogP contribution < -0.4 is 0 Å². The topological polar surface area (TPSA) is 26.3 Å². The third-order valence-corrected chi connectivity index (χ3v) is 2.05. The van der Waals surface area contributed by atoms with Crippen LogP contribution in [0.25, 0.3) is 0 Å². The van der Waals surface area contributed by atoms with Crippen LogP contribution in [0.5, 0.6) is 0 Å². The van der Waals surface area contributed by atoms with Gasteiger partial charge in [-0.1, -0.05) is 23.3 Å². The highest BCUT2D eigenvalue weighted by atomic mass is 16.5. The van der Waals surface area contributed by atoms with Gasteiger partial charge in [-0.05, 0) is 46.6 Å². The maximum atomic E-state index is 11.0. The molecular formula is C14H22O2. The van der Waals surface area contributed by atoms with Crippen molar-refractivity contribution >= 4 is 5.97 Å². The molecule has 0 bridgehead atoms. The van der Waals surface area contributed by atoms with Crippen molar-refractivity contribution in [1.29, 1.82) is 0 Å². The summed E-state index contributed by atoms with van der Waals surface area (Å²) >= 11 is 0. The molecule has 16 heavy (non-hydrogen) atoms. The highest BCUT2D eigenvalue weighted by Gasteiger charge is 1.94. The van der Waals surface area contributed by atoms with E-state index in [9.17, 15) is 4.79 Å². The molecule has 0 aromatic rings. The van der Waals surface area contributed by atoms with E-state index in [0.717, 1.165) is 12.8 Å². The molecule has 0 fully saturated rings. The lowest BCUT2D eigenvalue weighted by atomic mass is 10.1. The quantitative estimate of drug-likeness (QED) is 0.388. The Morgan fingerprint density at radius 1 is 1.19 bits per heavy atom. The number of hydrogen-bond donors (Lipinski definition) is 0. The normalized spacial score (nSPS) is 11.6. The first kappa shape index (κ1) is 14.7. The molecule has 0 aliphatic heterocycles. The number of carbonyl (C=O) groups excluding carboxylic acids is 1. The van der Waals surface area contributed by atoms with Gasteiger partial charge in [-0.15, -0.1) is 0 Å². The third kappa shape index (κ3) is 9.25. The highest BCUT2D eigenvalue weighted by Crippen LogP contribution is 2.06. The second kappa shape index (κ2) is 8.96. The van der Waals surface area contributed by atoms with E-state index in [-0.39, 0.29) is 5.97 Å². The van der Waals surface area contributed by atoms with E-state index < -0.39 is 0 Å². The second-order valence-corrected chi connectivity index (χ2v) is 4.00. The molecule has 0 saturated heterocycles. The summed E-state index contributed by atoms with van der Waals surface area (Å²) in [6.45, 7) is 8.41. The Bertz CT molecular complexity index is 292. The van der Waals surface area contributed by atoms with E-state index in [1.54, 1.807) is 13.0 Å². The largest absolute Gasteiger partial charge is 0.458 e. The van der Waals surface area contributed by atoms with Gasteiger partial charge in [0.25, 0.3) is 0 Å². The van der Waals surface area contributed by atoms with Crippen LogP contribution in [0.1, 0.15) is 40.5 Å². The van der Waals surface area contributed by atoms with Crippen molar-refractivity contribution < 1.29 is 9.53 Å². The Labute approximate surface area is 98.7 Å². The maximum absolute atomic E-state index is 11.0. The number of rotatable bonds is 6. The highest BCUT2D eigenvalue weighted by molar-refractivity contribution is 5.81. The predicted molar refractivity (Wildman–Crippen MR) is 68.2 cm³/mol. The summed E-state index contributed by atoms with van der Waals surface area (Å²) in [5.74, 6) is -0.282. The van der Waals surface area contributed by atoms with Crippen molar-refractivity contribution in [1.82, 2.24) is 0 Å². The summed E-state index contributed by atoms with van der Waals surface area (Å²) in [5.41, 5.74) is 2.60. The van der Waals surface area contributed by atoms with Crippen molar-refractivity contribution in [2.45, 2.75) is 40.5 Å². The Balaban J connectivity index is 3.79. The average molecular weight is 222 g/mol. The van der Waals surface area contributed by atoms with Gasteiger partial charge in [-0.3, -0.25) is 0 Å². The van der Waals surface area contributed by atoms with Gasteiger partial charge >= 0.3 is 5.97 Å². The van der Waals surface area contributed by atoms with E-state index in [0.29, 0.717) is 6.61 Å². The van der Waals surface area contributed by atoms with Crippen molar-refractivity contribution in [3.63, 3.8) is 0 Å². The predicted octanol–water partition coefficient (Wildman–Crippen LogP) is 3.80. The summed E-state index contributed by atoms with van der Waals surface area (Å²) < 4.78 is 4.96. The van der Waals surface area contributed by atoms with Crippen LogP contribution >= 0.6 is 0 Å². The Hall–Kier alpha value is -1.31. The van der Waals surface area contributed by atoms with E-state index in [1.165, 1.54) is 17.2 Å². The van der Waals surface area contributed by atoms with Gasteiger partial charge in [-0.2, -0.15) is 0 Å². The van der Waals surface area contributed by atoms with Crippen LogP contribution in [0.3, 0.4) is 0 Å². The molecule has 0 unspecified atom stereocenters. The van der Waals surface area contributed by atoms with E-state index >= 15 is 0 Å². The monoisotopic (exact) mass is 222 g/mol. The van der Waals surface area contributed by atoms with Crippen LogP contribution in [-0.2, 0) is 9.53 Å². The first-order chi connectivity index (χ1) is 7.56. The van der Waals surface area contributed by atoms with Crippen molar-refractivity contribution in [3.05, 3.63) is 35.5 Å². The number of carbonyl (C=O) groups is 1. The number of ether oxygens (including phenoxy) is 1. The molecule has 0 aromatic carbocycles. The lowest BCUT2D eigenvalue weighted by Crippen LogP contribution is -2.00. The lowest BCUT2D eigenvalue weighted by molar-refractivity contribution is -0.136. The third-order valence-electron chi connectivity index (χ3n) is 2.05. The molecule has 0 aliphatic carbocycles. The fourth-order valence-corrected chi connectivity index (χ4v) is 1.14. The van der Waals surface area contributed by atoms with Crippen LogP contribution in [0.4, 0.5) is 0 Å². The molecule has 0 amide bonds. The van der Waals surface area contributed by atoms with Gasteiger partial charge in [0, 0.05) is 6.08 Å².